The zero-order chi connectivity index (χ0) is 17.2. The quantitative estimate of drug-likeness (QED) is 0.930. The van der Waals surface area contributed by atoms with E-state index in [9.17, 15) is 4.79 Å². The fourth-order valence-electron chi connectivity index (χ4n) is 3.37. The molecule has 0 unspecified atom stereocenters. The van der Waals surface area contributed by atoms with E-state index in [0.29, 0.717) is 24.5 Å². The predicted octanol–water partition coefficient (Wildman–Crippen LogP) is 3.07. The van der Waals surface area contributed by atoms with E-state index in [1.165, 1.54) is 0 Å². The molecule has 2 aromatic carbocycles. The Balaban J connectivity index is 1.52. The van der Waals surface area contributed by atoms with E-state index >= 15 is 0 Å². The summed E-state index contributed by atoms with van der Waals surface area (Å²) < 4.78 is 17.4. The van der Waals surface area contributed by atoms with Gasteiger partial charge in [-0.3, -0.25) is 4.79 Å². The molecule has 2 aliphatic rings. The van der Waals surface area contributed by atoms with Crippen LogP contribution in [0.25, 0.3) is 0 Å². The first-order valence-corrected chi connectivity index (χ1v) is 8.59. The fraction of sp³-hybridized carbons (Fsp3) is 0.350. The molecule has 2 aromatic rings. The van der Waals surface area contributed by atoms with Crippen LogP contribution in [0.4, 0.5) is 0 Å². The second-order valence-electron chi connectivity index (χ2n) is 6.44. The second kappa shape index (κ2) is 6.86. The Labute approximate surface area is 146 Å². The zero-order valence-electron chi connectivity index (χ0n) is 14.1. The zero-order valence-corrected chi connectivity index (χ0v) is 14.1. The SMILES string of the molecule is Cc1ccccc1Oc1ccccc1C(=O)N[C@H]1CO[C@@H]2CCO[C@H]12. The third-order valence-electron chi connectivity index (χ3n) is 4.73. The average Bonchev–Trinajstić information content (AvgIpc) is 3.22. The molecule has 4 rings (SSSR count). The lowest BCUT2D eigenvalue weighted by atomic mass is 10.1. The Bertz CT molecular complexity index is 776. The normalized spacial score (nSPS) is 24.8. The topological polar surface area (TPSA) is 56.8 Å². The average molecular weight is 339 g/mol. The van der Waals surface area contributed by atoms with Crippen LogP contribution in [-0.4, -0.2) is 37.4 Å². The number of hydrogen-bond acceptors (Lipinski definition) is 4. The van der Waals surface area contributed by atoms with E-state index in [0.717, 1.165) is 17.7 Å². The molecular formula is C20H21NO4. The highest BCUT2D eigenvalue weighted by molar-refractivity contribution is 5.97. The van der Waals surface area contributed by atoms with Crippen molar-refractivity contribution < 1.29 is 19.0 Å². The Hall–Kier alpha value is -2.37. The van der Waals surface area contributed by atoms with Crippen LogP contribution in [-0.2, 0) is 9.47 Å². The van der Waals surface area contributed by atoms with Crippen molar-refractivity contribution in [3.05, 3.63) is 59.7 Å². The summed E-state index contributed by atoms with van der Waals surface area (Å²) in [7, 11) is 0. The molecule has 2 saturated heterocycles. The van der Waals surface area contributed by atoms with Gasteiger partial charge in [0.25, 0.3) is 5.91 Å². The Morgan fingerprint density at radius 2 is 1.84 bits per heavy atom. The summed E-state index contributed by atoms with van der Waals surface area (Å²) in [4.78, 5) is 12.8. The molecule has 2 heterocycles. The van der Waals surface area contributed by atoms with Crippen molar-refractivity contribution in [2.24, 2.45) is 0 Å². The van der Waals surface area contributed by atoms with Gasteiger partial charge < -0.3 is 19.5 Å². The number of ether oxygens (including phenoxy) is 3. The molecule has 25 heavy (non-hydrogen) atoms. The lowest BCUT2D eigenvalue weighted by Gasteiger charge is -2.19. The molecule has 1 N–H and O–H groups in total. The minimum Gasteiger partial charge on any atom is -0.456 e. The van der Waals surface area contributed by atoms with Crippen LogP contribution in [0.15, 0.2) is 48.5 Å². The molecular weight excluding hydrogens is 318 g/mol. The second-order valence-corrected chi connectivity index (χ2v) is 6.44. The predicted molar refractivity (Wildman–Crippen MR) is 93.0 cm³/mol. The summed E-state index contributed by atoms with van der Waals surface area (Å²) in [5.74, 6) is 1.11. The third kappa shape index (κ3) is 3.25. The number of benzene rings is 2. The molecule has 3 atom stereocenters. The van der Waals surface area contributed by atoms with Gasteiger partial charge >= 0.3 is 0 Å². The Morgan fingerprint density at radius 3 is 2.68 bits per heavy atom. The number of hydrogen-bond donors (Lipinski definition) is 1. The first-order valence-electron chi connectivity index (χ1n) is 8.59. The molecule has 0 aliphatic carbocycles. The molecule has 130 valence electrons. The summed E-state index contributed by atoms with van der Waals surface area (Å²) >= 11 is 0. The number of fused-ring (bicyclic) bond motifs is 1. The van der Waals surface area contributed by atoms with Crippen molar-refractivity contribution >= 4 is 5.91 Å². The van der Waals surface area contributed by atoms with Crippen molar-refractivity contribution in [3.63, 3.8) is 0 Å². The van der Waals surface area contributed by atoms with Gasteiger partial charge in [0, 0.05) is 6.61 Å². The van der Waals surface area contributed by atoms with Gasteiger partial charge in [0.2, 0.25) is 0 Å². The Kier molecular flexibility index (Phi) is 4.42. The smallest absolute Gasteiger partial charge is 0.255 e. The molecule has 2 aliphatic heterocycles. The molecule has 0 saturated carbocycles. The highest BCUT2D eigenvalue weighted by Crippen LogP contribution is 2.29. The van der Waals surface area contributed by atoms with Crippen LogP contribution < -0.4 is 10.1 Å². The van der Waals surface area contributed by atoms with Gasteiger partial charge in [-0.25, -0.2) is 0 Å². The van der Waals surface area contributed by atoms with Gasteiger partial charge in [-0.2, -0.15) is 0 Å². The lowest BCUT2D eigenvalue weighted by Crippen LogP contribution is -2.43. The minimum atomic E-state index is -0.172. The molecule has 1 amide bonds. The van der Waals surface area contributed by atoms with Crippen LogP contribution in [0.2, 0.25) is 0 Å². The standard InChI is InChI=1S/C20H21NO4/c1-13-6-2-4-8-16(13)25-17-9-5-3-7-14(17)20(22)21-15-12-24-18-10-11-23-19(15)18/h2-9,15,18-19H,10-12H2,1H3,(H,21,22)/t15-,18+,19+/m0/s1. The van der Waals surface area contributed by atoms with Crippen LogP contribution in [0.1, 0.15) is 22.3 Å². The van der Waals surface area contributed by atoms with E-state index in [1.807, 2.05) is 43.3 Å². The minimum absolute atomic E-state index is 0.0478. The molecule has 0 radical (unpaired) electrons. The molecule has 5 nitrogen and oxygen atoms in total. The van der Waals surface area contributed by atoms with Crippen molar-refractivity contribution in [1.82, 2.24) is 5.32 Å². The number of amides is 1. The third-order valence-corrected chi connectivity index (χ3v) is 4.73. The van der Waals surface area contributed by atoms with Crippen LogP contribution in [0.5, 0.6) is 11.5 Å². The maximum absolute atomic E-state index is 12.8. The van der Waals surface area contributed by atoms with Gasteiger partial charge in [0.1, 0.15) is 17.6 Å². The molecule has 5 heteroatoms. The van der Waals surface area contributed by atoms with Crippen LogP contribution in [0, 0.1) is 6.92 Å². The first kappa shape index (κ1) is 16.1. The number of carbonyl (C=O) groups excluding carboxylic acids is 1. The van der Waals surface area contributed by atoms with Gasteiger partial charge in [-0.1, -0.05) is 30.3 Å². The van der Waals surface area contributed by atoms with E-state index in [-0.39, 0.29) is 24.2 Å². The molecule has 2 fully saturated rings. The summed E-state index contributed by atoms with van der Waals surface area (Å²) in [5.41, 5.74) is 1.52. The van der Waals surface area contributed by atoms with Gasteiger partial charge in [-0.15, -0.1) is 0 Å². The highest BCUT2D eigenvalue weighted by atomic mass is 16.6. The summed E-state index contributed by atoms with van der Waals surface area (Å²) in [6, 6.07) is 14.9. The van der Waals surface area contributed by atoms with Crippen LogP contribution in [0.3, 0.4) is 0 Å². The number of aryl methyl sites for hydroxylation is 1. The van der Waals surface area contributed by atoms with Crippen molar-refractivity contribution in [1.29, 1.82) is 0 Å². The monoisotopic (exact) mass is 339 g/mol. The van der Waals surface area contributed by atoms with Gasteiger partial charge in [0.15, 0.2) is 0 Å². The van der Waals surface area contributed by atoms with Crippen molar-refractivity contribution in [2.75, 3.05) is 13.2 Å². The number of nitrogens with one attached hydrogen (secondary N) is 1. The van der Waals surface area contributed by atoms with Crippen molar-refractivity contribution in [3.8, 4) is 11.5 Å². The highest BCUT2D eigenvalue weighted by Gasteiger charge is 2.42. The Morgan fingerprint density at radius 1 is 1.08 bits per heavy atom. The van der Waals surface area contributed by atoms with Crippen molar-refractivity contribution in [2.45, 2.75) is 31.6 Å². The molecule has 0 bridgehead atoms. The lowest BCUT2D eigenvalue weighted by molar-refractivity contribution is 0.0655. The summed E-state index contributed by atoms with van der Waals surface area (Å²) in [6.07, 6.45) is 0.946. The van der Waals surface area contributed by atoms with E-state index < -0.39 is 0 Å². The molecule has 0 aromatic heterocycles. The number of carbonyl (C=O) groups is 1. The number of para-hydroxylation sites is 2. The maximum atomic E-state index is 12.8. The first-order chi connectivity index (χ1) is 12.2. The van der Waals surface area contributed by atoms with E-state index in [4.69, 9.17) is 14.2 Å². The van der Waals surface area contributed by atoms with Gasteiger partial charge in [0.05, 0.1) is 24.3 Å². The largest absolute Gasteiger partial charge is 0.456 e. The summed E-state index contributed by atoms with van der Waals surface area (Å²) in [6.45, 7) is 3.15. The van der Waals surface area contributed by atoms with Crippen LogP contribution >= 0.6 is 0 Å². The van der Waals surface area contributed by atoms with E-state index in [1.54, 1.807) is 12.1 Å². The van der Waals surface area contributed by atoms with E-state index in [2.05, 4.69) is 5.32 Å². The maximum Gasteiger partial charge on any atom is 0.255 e. The van der Waals surface area contributed by atoms with Gasteiger partial charge in [-0.05, 0) is 37.1 Å². The number of rotatable bonds is 4. The fourth-order valence-corrected chi connectivity index (χ4v) is 3.37. The summed E-state index contributed by atoms with van der Waals surface area (Å²) in [5, 5.41) is 3.04. The molecule has 0 spiro atoms.